The number of nitrogens with one attached hydrogen (secondary N) is 1. The van der Waals surface area contributed by atoms with E-state index in [-0.39, 0.29) is 28.9 Å². The molecular formula is C19H16F2N2O4. The number of ether oxygens (including phenoxy) is 1. The highest BCUT2D eigenvalue weighted by molar-refractivity contribution is 6.22. The Balaban J connectivity index is 1.80. The molecular weight excluding hydrogens is 358 g/mol. The number of benzene rings is 2. The number of hydrogen-bond donors (Lipinski definition) is 1. The quantitative estimate of drug-likeness (QED) is 0.623. The summed E-state index contributed by atoms with van der Waals surface area (Å²) in [6, 6.07) is 6.71. The third kappa shape index (κ3) is 3.85. The van der Waals surface area contributed by atoms with Crippen molar-refractivity contribution in [1.82, 2.24) is 4.90 Å². The van der Waals surface area contributed by atoms with Crippen LogP contribution in [0.2, 0.25) is 0 Å². The molecule has 1 aliphatic heterocycles. The molecule has 0 spiro atoms. The lowest BCUT2D eigenvalue weighted by Gasteiger charge is -2.12. The Kier molecular flexibility index (Phi) is 5.27. The van der Waals surface area contributed by atoms with Crippen molar-refractivity contribution in [1.29, 1.82) is 0 Å². The van der Waals surface area contributed by atoms with Crippen LogP contribution in [0.15, 0.2) is 36.4 Å². The Morgan fingerprint density at radius 2 is 1.70 bits per heavy atom. The van der Waals surface area contributed by atoms with E-state index in [0.29, 0.717) is 19.1 Å². The molecule has 0 fully saturated rings. The summed E-state index contributed by atoms with van der Waals surface area (Å²) in [5.74, 6) is -3.22. The van der Waals surface area contributed by atoms with E-state index >= 15 is 0 Å². The number of carbonyl (C=O) groups is 3. The highest BCUT2D eigenvalue weighted by Crippen LogP contribution is 2.25. The lowest BCUT2D eigenvalue weighted by molar-refractivity contribution is 0.0638. The fraction of sp³-hybridized carbons (Fsp3) is 0.211. The second kappa shape index (κ2) is 7.63. The molecule has 3 amide bonds. The molecule has 0 aromatic heterocycles. The van der Waals surface area contributed by atoms with E-state index in [9.17, 15) is 23.2 Å². The van der Waals surface area contributed by atoms with Gasteiger partial charge in [0.25, 0.3) is 17.7 Å². The summed E-state index contributed by atoms with van der Waals surface area (Å²) in [6.45, 7) is 0.621. The maximum Gasteiger partial charge on any atom is 0.261 e. The smallest absolute Gasteiger partial charge is 0.261 e. The first kappa shape index (κ1) is 18.7. The zero-order valence-electron chi connectivity index (χ0n) is 14.4. The van der Waals surface area contributed by atoms with Gasteiger partial charge in [0, 0.05) is 37.6 Å². The summed E-state index contributed by atoms with van der Waals surface area (Å²) in [4.78, 5) is 38.2. The van der Waals surface area contributed by atoms with E-state index in [4.69, 9.17) is 4.74 Å². The largest absolute Gasteiger partial charge is 0.385 e. The molecule has 1 N–H and O–H groups in total. The van der Waals surface area contributed by atoms with Crippen molar-refractivity contribution in [3.63, 3.8) is 0 Å². The van der Waals surface area contributed by atoms with Crippen LogP contribution in [-0.4, -0.2) is 42.9 Å². The van der Waals surface area contributed by atoms with Crippen LogP contribution >= 0.6 is 0 Å². The van der Waals surface area contributed by atoms with E-state index in [0.717, 1.165) is 17.0 Å². The Morgan fingerprint density at radius 3 is 2.37 bits per heavy atom. The summed E-state index contributed by atoms with van der Waals surface area (Å²) >= 11 is 0. The SMILES string of the molecule is COCCCN1C(=O)c2ccc(C(=O)Nc3cc(F)cc(F)c3)cc2C1=O. The van der Waals surface area contributed by atoms with Gasteiger partial charge in [0.1, 0.15) is 11.6 Å². The third-order valence-electron chi connectivity index (χ3n) is 4.08. The first-order chi connectivity index (χ1) is 12.9. The molecule has 0 aliphatic carbocycles. The molecule has 0 bridgehead atoms. The van der Waals surface area contributed by atoms with Gasteiger partial charge in [0.2, 0.25) is 0 Å². The first-order valence-corrected chi connectivity index (χ1v) is 8.17. The molecule has 140 valence electrons. The fourth-order valence-corrected chi connectivity index (χ4v) is 2.83. The second-order valence-corrected chi connectivity index (χ2v) is 5.98. The van der Waals surface area contributed by atoms with Gasteiger partial charge in [-0.25, -0.2) is 8.78 Å². The van der Waals surface area contributed by atoms with Gasteiger partial charge in [0.15, 0.2) is 0 Å². The average Bonchev–Trinajstić information content (AvgIpc) is 2.85. The predicted octanol–water partition coefficient (Wildman–Crippen LogP) is 2.85. The van der Waals surface area contributed by atoms with Gasteiger partial charge in [-0.3, -0.25) is 19.3 Å². The number of nitrogens with zero attached hydrogens (tertiary/aromatic N) is 1. The second-order valence-electron chi connectivity index (χ2n) is 5.98. The summed E-state index contributed by atoms with van der Waals surface area (Å²) in [5.41, 5.74) is 0.376. The maximum atomic E-state index is 13.2. The summed E-state index contributed by atoms with van der Waals surface area (Å²) in [6.07, 6.45) is 0.500. The van der Waals surface area contributed by atoms with E-state index in [2.05, 4.69) is 5.32 Å². The van der Waals surface area contributed by atoms with Crippen LogP contribution in [0.1, 0.15) is 37.5 Å². The lowest BCUT2D eigenvalue weighted by atomic mass is 10.1. The van der Waals surface area contributed by atoms with E-state index in [1.807, 2.05) is 0 Å². The summed E-state index contributed by atoms with van der Waals surface area (Å²) in [5, 5.41) is 2.36. The van der Waals surface area contributed by atoms with Crippen molar-refractivity contribution in [2.24, 2.45) is 0 Å². The molecule has 1 heterocycles. The van der Waals surface area contributed by atoms with Gasteiger partial charge >= 0.3 is 0 Å². The van der Waals surface area contributed by atoms with Gasteiger partial charge in [-0.2, -0.15) is 0 Å². The van der Waals surface area contributed by atoms with Gasteiger partial charge in [-0.15, -0.1) is 0 Å². The van der Waals surface area contributed by atoms with Gasteiger partial charge in [0.05, 0.1) is 11.1 Å². The number of anilines is 1. The Labute approximate surface area is 153 Å². The molecule has 6 nitrogen and oxygen atoms in total. The average molecular weight is 374 g/mol. The molecule has 0 atom stereocenters. The topological polar surface area (TPSA) is 75.7 Å². The van der Waals surface area contributed by atoms with Crippen molar-refractivity contribution in [2.75, 3.05) is 25.6 Å². The van der Waals surface area contributed by atoms with Crippen LogP contribution in [0.25, 0.3) is 0 Å². The van der Waals surface area contributed by atoms with Crippen LogP contribution in [0.5, 0.6) is 0 Å². The van der Waals surface area contributed by atoms with Crippen molar-refractivity contribution >= 4 is 23.4 Å². The molecule has 3 rings (SSSR count). The zero-order chi connectivity index (χ0) is 19.6. The minimum Gasteiger partial charge on any atom is -0.385 e. The predicted molar refractivity (Wildman–Crippen MR) is 92.6 cm³/mol. The molecule has 0 saturated carbocycles. The number of methoxy groups -OCH3 is 1. The van der Waals surface area contributed by atoms with Gasteiger partial charge in [-0.1, -0.05) is 0 Å². The first-order valence-electron chi connectivity index (χ1n) is 8.17. The number of fused-ring (bicyclic) bond motifs is 1. The highest BCUT2D eigenvalue weighted by Gasteiger charge is 2.35. The minimum atomic E-state index is -0.827. The fourth-order valence-electron chi connectivity index (χ4n) is 2.83. The molecule has 0 unspecified atom stereocenters. The van der Waals surface area contributed by atoms with Crippen molar-refractivity contribution in [3.8, 4) is 0 Å². The Hall–Kier alpha value is -3.13. The van der Waals surface area contributed by atoms with E-state index in [1.165, 1.54) is 25.3 Å². The maximum absolute atomic E-state index is 13.2. The number of imide groups is 1. The van der Waals surface area contributed by atoms with Crippen LogP contribution in [0.3, 0.4) is 0 Å². The number of amides is 3. The Bertz CT molecular complexity index is 910. The van der Waals surface area contributed by atoms with Gasteiger partial charge < -0.3 is 10.1 Å². The number of halogens is 2. The van der Waals surface area contributed by atoms with Crippen LogP contribution in [-0.2, 0) is 4.74 Å². The molecule has 0 saturated heterocycles. The normalized spacial score (nSPS) is 13.1. The standard InChI is InChI=1S/C19H16F2N2O4/c1-27-6-2-5-23-18(25)15-4-3-11(7-16(15)19(23)26)17(24)22-14-9-12(20)8-13(21)10-14/h3-4,7-10H,2,5-6H2,1H3,(H,22,24). The highest BCUT2D eigenvalue weighted by atomic mass is 19.1. The summed E-state index contributed by atoms with van der Waals surface area (Å²) in [7, 11) is 1.53. The lowest BCUT2D eigenvalue weighted by Crippen LogP contribution is -2.31. The monoisotopic (exact) mass is 374 g/mol. The number of hydrogen-bond acceptors (Lipinski definition) is 4. The minimum absolute atomic E-state index is 0.0541. The van der Waals surface area contributed by atoms with Crippen LogP contribution in [0, 0.1) is 11.6 Å². The van der Waals surface area contributed by atoms with Crippen molar-refractivity contribution in [2.45, 2.75) is 6.42 Å². The third-order valence-corrected chi connectivity index (χ3v) is 4.08. The number of rotatable bonds is 6. The molecule has 8 heteroatoms. The molecule has 27 heavy (non-hydrogen) atoms. The molecule has 2 aromatic rings. The van der Waals surface area contributed by atoms with Crippen molar-refractivity contribution in [3.05, 3.63) is 64.7 Å². The van der Waals surface area contributed by atoms with Crippen LogP contribution in [0.4, 0.5) is 14.5 Å². The van der Waals surface area contributed by atoms with E-state index in [1.54, 1.807) is 0 Å². The molecule has 1 aliphatic rings. The number of carbonyl (C=O) groups excluding carboxylic acids is 3. The van der Waals surface area contributed by atoms with Crippen LogP contribution < -0.4 is 5.32 Å². The molecule has 2 aromatic carbocycles. The van der Waals surface area contributed by atoms with Crippen molar-refractivity contribution < 1.29 is 27.9 Å². The molecule has 0 radical (unpaired) electrons. The summed E-state index contributed by atoms with van der Waals surface area (Å²) < 4.78 is 31.4. The zero-order valence-corrected chi connectivity index (χ0v) is 14.4. The van der Waals surface area contributed by atoms with Gasteiger partial charge in [-0.05, 0) is 36.8 Å². The Morgan fingerprint density at radius 1 is 1.04 bits per heavy atom. The van der Waals surface area contributed by atoms with E-state index < -0.39 is 29.4 Å².